The number of aromatic nitrogens is 2. The lowest BCUT2D eigenvalue weighted by molar-refractivity contribution is -0.188. The molecule has 0 spiro atoms. The van der Waals surface area contributed by atoms with E-state index in [1.807, 2.05) is 35.9 Å². The Morgan fingerprint density at radius 2 is 1.80 bits per heavy atom. The normalized spacial score (nSPS) is 17.1. The average Bonchev–Trinajstić information content (AvgIpc) is 3.78. The second-order valence-corrected chi connectivity index (χ2v) is 13.9. The molecule has 4 aromatic rings. The zero-order chi connectivity index (χ0) is 34.4. The van der Waals surface area contributed by atoms with Gasteiger partial charge in [-0.2, -0.15) is 0 Å². The third-order valence-electron chi connectivity index (χ3n) is 9.56. The first kappa shape index (κ1) is 33.4. The van der Waals surface area contributed by atoms with Crippen LogP contribution in [0.3, 0.4) is 0 Å². The minimum atomic E-state index is -0.297. The third-order valence-corrected chi connectivity index (χ3v) is 10.3. The smallest absolute Gasteiger partial charge is 0.328 e. The number of hydrogen-bond acceptors (Lipinski definition) is 8. The van der Waals surface area contributed by atoms with Crippen molar-refractivity contribution < 1.29 is 23.9 Å². The van der Waals surface area contributed by atoms with Gasteiger partial charge in [-0.15, -0.1) is 5.06 Å². The van der Waals surface area contributed by atoms with Gasteiger partial charge in [0.1, 0.15) is 17.6 Å². The number of imidazole rings is 1. The summed E-state index contributed by atoms with van der Waals surface area (Å²) < 4.78 is 14.1. The second kappa shape index (κ2) is 13.7. The number of amides is 1. The zero-order valence-electron chi connectivity index (χ0n) is 28.0. The summed E-state index contributed by atoms with van der Waals surface area (Å²) in [6, 6.07) is 15.4. The second-order valence-electron chi connectivity index (χ2n) is 13.1. The van der Waals surface area contributed by atoms with Crippen molar-refractivity contribution in [1.82, 2.24) is 19.5 Å². The van der Waals surface area contributed by atoms with Gasteiger partial charge in [0, 0.05) is 56.5 Å². The number of rotatable bonds is 10. The lowest BCUT2D eigenvalue weighted by Crippen LogP contribution is -2.27. The first-order chi connectivity index (χ1) is 23.6. The van der Waals surface area contributed by atoms with E-state index in [0.29, 0.717) is 39.6 Å². The molecule has 0 radical (unpaired) electrons. The Morgan fingerprint density at radius 1 is 1.02 bits per heavy atom. The quantitative estimate of drug-likeness (QED) is 0.176. The van der Waals surface area contributed by atoms with Crippen molar-refractivity contribution in [3.8, 4) is 22.6 Å². The van der Waals surface area contributed by atoms with Gasteiger partial charge in [-0.05, 0) is 61.6 Å². The van der Waals surface area contributed by atoms with Crippen molar-refractivity contribution in [2.45, 2.75) is 51.3 Å². The molecule has 49 heavy (non-hydrogen) atoms. The molecule has 1 unspecified atom stereocenters. The van der Waals surface area contributed by atoms with E-state index in [9.17, 15) is 9.59 Å². The highest BCUT2D eigenvalue weighted by Crippen LogP contribution is 2.45. The van der Waals surface area contributed by atoms with E-state index >= 15 is 0 Å². The Balaban J connectivity index is 1.09. The van der Waals surface area contributed by atoms with Crippen LogP contribution in [0.1, 0.15) is 64.1 Å². The van der Waals surface area contributed by atoms with E-state index in [1.54, 1.807) is 26.3 Å². The van der Waals surface area contributed by atoms with Crippen molar-refractivity contribution in [2.24, 2.45) is 13.0 Å². The molecule has 0 saturated heterocycles. The Bertz CT molecular complexity index is 1940. The lowest BCUT2D eigenvalue weighted by atomic mass is 9.96. The molecule has 7 rings (SSSR count). The molecule has 256 valence electrons. The fraction of sp³-hybridized carbons (Fsp3) is 0.378. The fourth-order valence-corrected chi connectivity index (χ4v) is 7.33. The molecule has 1 aliphatic heterocycles. The van der Waals surface area contributed by atoms with Crippen molar-refractivity contribution in [3.63, 3.8) is 0 Å². The van der Waals surface area contributed by atoms with Crippen LogP contribution in [-0.4, -0.2) is 59.1 Å². The number of fused-ring (bicyclic) bond motifs is 2. The first-order valence-electron chi connectivity index (χ1n) is 16.5. The standard InChI is InChI=1S/C37H39Cl2N5O5/c1-42-16-15-30-29(20-42)40-35(44(30)3)36(45)41-28-10-6-9-26(34(28)39)23-7-5-8-25-24(23)13-14-31(25)48-33-18-32(47-4)22(17-27(33)38)19-43(2)49-37(46)21-11-12-21/h5-10,17-18,21,31H,11-16,19-20H2,1-4H3,(H,41,45). The molecule has 10 nitrogen and oxygen atoms in total. The summed E-state index contributed by atoms with van der Waals surface area (Å²) in [5, 5.41) is 5.41. The molecule has 2 heterocycles. The van der Waals surface area contributed by atoms with E-state index in [0.717, 1.165) is 84.4 Å². The van der Waals surface area contributed by atoms with Gasteiger partial charge in [0.25, 0.3) is 5.91 Å². The molecule has 1 saturated carbocycles. The average molecular weight is 705 g/mol. The Labute approximate surface area is 295 Å². The van der Waals surface area contributed by atoms with Crippen LogP contribution in [0.25, 0.3) is 11.1 Å². The van der Waals surface area contributed by atoms with Crippen molar-refractivity contribution in [1.29, 1.82) is 0 Å². The van der Waals surface area contributed by atoms with E-state index in [4.69, 9.17) is 37.5 Å². The first-order valence-corrected chi connectivity index (χ1v) is 17.3. The van der Waals surface area contributed by atoms with Crippen molar-refractivity contribution >= 4 is 40.8 Å². The van der Waals surface area contributed by atoms with Crippen molar-refractivity contribution in [2.75, 3.05) is 33.1 Å². The summed E-state index contributed by atoms with van der Waals surface area (Å²) >= 11 is 13.8. The highest BCUT2D eigenvalue weighted by atomic mass is 35.5. The number of likely N-dealkylation sites (N-methyl/N-ethyl adjacent to an activating group) is 1. The monoisotopic (exact) mass is 703 g/mol. The van der Waals surface area contributed by atoms with Crippen LogP contribution < -0.4 is 14.8 Å². The van der Waals surface area contributed by atoms with Crippen LogP contribution in [-0.2, 0) is 42.6 Å². The molecular formula is C37H39Cl2N5O5. The Kier molecular flexibility index (Phi) is 9.32. The molecule has 1 amide bonds. The number of methoxy groups -OCH3 is 1. The summed E-state index contributed by atoms with van der Waals surface area (Å²) in [5.41, 5.74) is 7.34. The molecule has 1 fully saturated rings. The molecule has 0 bridgehead atoms. The Hall–Kier alpha value is -4.09. The van der Waals surface area contributed by atoms with Crippen molar-refractivity contribution in [3.05, 3.63) is 92.5 Å². The maximum Gasteiger partial charge on any atom is 0.328 e. The Morgan fingerprint density at radius 3 is 2.57 bits per heavy atom. The maximum absolute atomic E-state index is 13.4. The summed E-state index contributed by atoms with van der Waals surface area (Å²) in [5.74, 6) is 0.965. The topological polar surface area (TPSA) is 98.2 Å². The molecule has 1 aromatic heterocycles. The van der Waals surface area contributed by atoms with E-state index < -0.39 is 0 Å². The molecule has 2 aliphatic carbocycles. The summed E-state index contributed by atoms with van der Waals surface area (Å²) in [7, 11) is 7.25. The minimum absolute atomic E-state index is 0.00417. The number of benzene rings is 3. The van der Waals surface area contributed by atoms with Gasteiger partial charge in [-0.3, -0.25) is 9.59 Å². The minimum Gasteiger partial charge on any atom is -0.496 e. The maximum atomic E-state index is 13.4. The number of anilines is 1. The van der Waals surface area contributed by atoms with E-state index in [2.05, 4.69) is 34.4 Å². The molecule has 1 N–H and O–H groups in total. The number of carbonyl (C=O) groups excluding carboxylic acids is 2. The number of ether oxygens (including phenoxy) is 2. The van der Waals surface area contributed by atoms with Crippen LogP contribution in [0.5, 0.6) is 11.5 Å². The number of carbonyl (C=O) groups is 2. The van der Waals surface area contributed by atoms with Gasteiger partial charge in [0.15, 0.2) is 5.82 Å². The third kappa shape index (κ3) is 6.75. The number of hydrogen-bond donors (Lipinski definition) is 1. The number of hydroxylamine groups is 2. The van der Waals surface area contributed by atoms with Gasteiger partial charge in [0.2, 0.25) is 0 Å². The van der Waals surface area contributed by atoms with Gasteiger partial charge < -0.3 is 29.1 Å². The molecular weight excluding hydrogens is 665 g/mol. The molecule has 3 aromatic carbocycles. The highest BCUT2D eigenvalue weighted by Gasteiger charge is 2.33. The number of nitrogens with one attached hydrogen (secondary N) is 1. The van der Waals surface area contributed by atoms with Crippen LogP contribution in [0.15, 0.2) is 48.5 Å². The summed E-state index contributed by atoms with van der Waals surface area (Å²) in [4.78, 5) is 37.8. The molecule has 1 atom stereocenters. The zero-order valence-corrected chi connectivity index (χ0v) is 29.5. The van der Waals surface area contributed by atoms with Gasteiger partial charge >= 0.3 is 5.97 Å². The molecule has 3 aliphatic rings. The SMILES string of the molecule is COc1cc(OC2CCc3c(-c4cccc(NC(=O)c5nc6c(n5C)CCN(C)C6)c4Cl)cccc32)c(Cl)cc1CN(C)OC(=O)C1CC1. The van der Waals surface area contributed by atoms with Gasteiger partial charge in [-0.1, -0.05) is 53.5 Å². The fourth-order valence-electron chi connectivity index (χ4n) is 6.82. The van der Waals surface area contributed by atoms with E-state index in [-0.39, 0.29) is 23.9 Å². The summed E-state index contributed by atoms with van der Waals surface area (Å²) in [6.45, 7) is 1.97. The van der Waals surface area contributed by atoms with Gasteiger partial charge in [0.05, 0.1) is 41.0 Å². The lowest BCUT2D eigenvalue weighted by Gasteiger charge is -2.21. The van der Waals surface area contributed by atoms with Crippen LogP contribution in [0.4, 0.5) is 5.69 Å². The largest absolute Gasteiger partial charge is 0.496 e. The van der Waals surface area contributed by atoms with Crippen LogP contribution in [0.2, 0.25) is 10.0 Å². The highest BCUT2D eigenvalue weighted by molar-refractivity contribution is 6.36. The number of halogens is 2. The predicted molar refractivity (Wildman–Crippen MR) is 188 cm³/mol. The van der Waals surface area contributed by atoms with Gasteiger partial charge in [-0.25, -0.2) is 4.98 Å². The number of nitrogens with zero attached hydrogens (tertiary/aromatic N) is 4. The predicted octanol–water partition coefficient (Wildman–Crippen LogP) is 7.01. The molecule has 12 heteroatoms. The summed E-state index contributed by atoms with van der Waals surface area (Å²) in [6.07, 6.45) is 3.90. The van der Waals surface area contributed by atoms with Crippen LogP contribution >= 0.6 is 23.2 Å². The van der Waals surface area contributed by atoms with E-state index in [1.165, 1.54) is 5.06 Å². The van der Waals surface area contributed by atoms with Crippen LogP contribution in [0, 0.1) is 5.92 Å².